The molecule has 6 rings (SSSR count). The van der Waals surface area contributed by atoms with Gasteiger partial charge in [0.05, 0.1) is 24.0 Å². The van der Waals surface area contributed by atoms with Crippen LogP contribution in [0.25, 0.3) is 16.9 Å². The number of rotatable bonds is 10. The fourth-order valence-electron chi connectivity index (χ4n) is 6.01. The number of hydrogen-bond acceptors (Lipinski definition) is 9. The van der Waals surface area contributed by atoms with Crippen LogP contribution in [0.15, 0.2) is 67.0 Å². The fraction of sp³-hybridized carbons (Fsp3) is 0.364. The molecule has 2 aliphatic rings. The van der Waals surface area contributed by atoms with E-state index >= 15 is 0 Å². The topological polar surface area (TPSA) is 139 Å². The van der Waals surface area contributed by atoms with Crippen LogP contribution in [0.1, 0.15) is 30.6 Å². The van der Waals surface area contributed by atoms with Crippen molar-refractivity contribution in [3.05, 3.63) is 84.1 Å². The smallest absolute Gasteiger partial charge is 0.320 e. The van der Waals surface area contributed by atoms with Crippen molar-refractivity contribution in [3.8, 4) is 16.9 Å². The van der Waals surface area contributed by atoms with Crippen LogP contribution >= 0.6 is 0 Å². The summed E-state index contributed by atoms with van der Waals surface area (Å²) in [6, 6.07) is 15.6. The first kappa shape index (κ1) is 32.0. The van der Waals surface area contributed by atoms with E-state index in [1.165, 1.54) is 19.2 Å². The van der Waals surface area contributed by atoms with Gasteiger partial charge in [0, 0.05) is 69.8 Å². The normalized spacial score (nSPS) is 19.6. The summed E-state index contributed by atoms with van der Waals surface area (Å²) < 4.78 is 20.9. The molecular weight excluding hydrogens is 605 g/mol. The van der Waals surface area contributed by atoms with Crippen LogP contribution in [0.2, 0.25) is 0 Å². The van der Waals surface area contributed by atoms with Crippen LogP contribution in [-0.4, -0.2) is 88.7 Å². The molecule has 0 spiro atoms. The number of carbonyl (C=O) groups is 2. The maximum absolute atomic E-state index is 14.0. The highest BCUT2D eigenvalue weighted by atomic mass is 19.1. The summed E-state index contributed by atoms with van der Waals surface area (Å²) in [5, 5.41) is 15.6. The number of anilines is 2. The molecule has 4 aromatic rings. The molecule has 0 radical (unpaired) electrons. The largest absolute Gasteiger partial charge is 0.383 e. The molecule has 2 aliphatic heterocycles. The summed E-state index contributed by atoms with van der Waals surface area (Å²) in [5.74, 6) is 0.651. The van der Waals surface area contributed by atoms with Crippen molar-refractivity contribution in [1.29, 1.82) is 0 Å². The molecule has 0 saturated carbocycles. The average Bonchev–Trinajstić information content (AvgIpc) is 3.78. The van der Waals surface area contributed by atoms with Crippen molar-refractivity contribution in [2.75, 3.05) is 50.1 Å². The van der Waals surface area contributed by atoms with Gasteiger partial charge in [-0.2, -0.15) is 14.6 Å². The van der Waals surface area contributed by atoms with Crippen molar-refractivity contribution in [3.63, 3.8) is 0 Å². The van der Waals surface area contributed by atoms with Gasteiger partial charge in [0.15, 0.2) is 0 Å². The zero-order valence-corrected chi connectivity index (χ0v) is 26.5. The summed E-state index contributed by atoms with van der Waals surface area (Å²) in [4.78, 5) is 41.7. The molecule has 14 heteroatoms. The molecule has 2 fully saturated rings. The zero-order chi connectivity index (χ0) is 32.9. The van der Waals surface area contributed by atoms with Crippen LogP contribution in [0.4, 0.5) is 20.8 Å². The van der Waals surface area contributed by atoms with Crippen LogP contribution in [0.5, 0.6) is 0 Å². The minimum atomic E-state index is -0.628. The quantitative estimate of drug-likeness (QED) is 0.221. The average molecular weight is 644 g/mol. The number of hydroxylamine groups is 2. The van der Waals surface area contributed by atoms with E-state index < -0.39 is 24.1 Å². The third-order valence-electron chi connectivity index (χ3n) is 8.26. The van der Waals surface area contributed by atoms with Gasteiger partial charge in [-0.05, 0) is 55.3 Å². The molecule has 13 nitrogen and oxygen atoms in total. The Hall–Kier alpha value is -4.92. The number of halogens is 1. The van der Waals surface area contributed by atoms with Gasteiger partial charge in [-0.1, -0.05) is 18.2 Å². The van der Waals surface area contributed by atoms with E-state index in [-0.39, 0.29) is 11.9 Å². The van der Waals surface area contributed by atoms with E-state index in [4.69, 9.17) is 19.7 Å². The minimum Gasteiger partial charge on any atom is -0.383 e. The number of urea groups is 1. The first-order valence-electron chi connectivity index (χ1n) is 15.5. The Balaban J connectivity index is 1.23. The van der Waals surface area contributed by atoms with Gasteiger partial charge < -0.3 is 20.3 Å². The van der Waals surface area contributed by atoms with Gasteiger partial charge in [-0.15, -0.1) is 0 Å². The van der Waals surface area contributed by atoms with E-state index in [9.17, 15) is 14.0 Å². The summed E-state index contributed by atoms with van der Waals surface area (Å²) in [5.41, 5.74) is 3.54. The van der Waals surface area contributed by atoms with Crippen molar-refractivity contribution in [1.82, 2.24) is 35.4 Å². The molecule has 3 N–H and O–H groups in total. The number of pyridine rings is 2. The number of carbonyl (C=O) groups excluding carboxylic acids is 2. The zero-order valence-electron chi connectivity index (χ0n) is 26.5. The molecule has 47 heavy (non-hydrogen) atoms. The number of amides is 3. The first-order chi connectivity index (χ1) is 22.8. The van der Waals surface area contributed by atoms with E-state index in [1.807, 2.05) is 49.4 Å². The molecule has 3 atom stereocenters. The molecule has 246 valence electrons. The van der Waals surface area contributed by atoms with Crippen LogP contribution < -0.4 is 20.9 Å². The van der Waals surface area contributed by atoms with Gasteiger partial charge in [0.25, 0.3) is 0 Å². The molecule has 0 aliphatic carbocycles. The first-order valence-corrected chi connectivity index (χ1v) is 15.5. The van der Waals surface area contributed by atoms with Crippen molar-refractivity contribution < 1.29 is 23.6 Å². The number of methoxy groups -OCH3 is 1. The van der Waals surface area contributed by atoms with Crippen molar-refractivity contribution in [2.45, 2.75) is 38.5 Å². The second-order valence-electron chi connectivity index (χ2n) is 11.6. The fourth-order valence-corrected chi connectivity index (χ4v) is 6.01. The Morgan fingerprint density at radius 3 is 2.64 bits per heavy atom. The van der Waals surface area contributed by atoms with Crippen molar-refractivity contribution in [2.24, 2.45) is 0 Å². The summed E-state index contributed by atoms with van der Waals surface area (Å²) in [6.07, 6.45) is 3.39. The lowest BCUT2D eigenvalue weighted by Gasteiger charge is -2.19. The lowest BCUT2D eigenvalue weighted by molar-refractivity contribution is -0.154. The molecule has 3 amide bonds. The Labute approximate surface area is 272 Å². The number of nitrogens with one attached hydrogen (secondary N) is 3. The Morgan fingerprint density at radius 1 is 1.09 bits per heavy atom. The molecule has 5 heterocycles. The van der Waals surface area contributed by atoms with Gasteiger partial charge in [0.2, 0.25) is 11.9 Å². The predicted molar refractivity (Wildman–Crippen MR) is 173 cm³/mol. The molecule has 3 aromatic heterocycles. The van der Waals surface area contributed by atoms with Gasteiger partial charge >= 0.3 is 6.03 Å². The lowest BCUT2D eigenvalue weighted by Crippen LogP contribution is -2.42. The van der Waals surface area contributed by atoms with Gasteiger partial charge in [-0.3, -0.25) is 14.9 Å². The van der Waals surface area contributed by atoms with Crippen molar-refractivity contribution >= 4 is 23.6 Å². The standard InChI is InChI=1S/C33H38FN9O4/c1-21-30(24-9-10-29(36-18-24)41-14-12-25(19-41)37-22(2)44)40-43(26-7-5-4-6-8-26)32(21)39-33(45)38-27-20-42(15-16-46-3)47-31(27)23-11-13-35-28(34)17-23/h4-11,13,17-18,25,27,31H,12,14-16,19-20H2,1-3H3,(H,37,44)(H2,38,39,45)/t25?,27-,31+/m1/s1. The molecule has 1 aromatic carbocycles. The van der Waals surface area contributed by atoms with Crippen LogP contribution in [0, 0.1) is 12.9 Å². The number of benzene rings is 1. The van der Waals surface area contributed by atoms with Gasteiger partial charge in [-0.25, -0.2) is 19.4 Å². The molecule has 1 unspecified atom stereocenters. The Morgan fingerprint density at radius 2 is 1.91 bits per heavy atom. The molecule has 0 bridgehead atoms. The highest BCUT2D eigenvalue weighted by molar-refractivity contribution is 5.91. The third kappa shape index (κ3) is 7.40. The van der Waals surface area contributed by atoms with E-state index in [2.05, 4.69) is 25.8 Å². The summed E-state index contributed by atoms with van der Waals surface area (Å²) in [7, 11) is 1.60. The van der Waals surface area contributed by atoms with E-state index in [0.29, 0.717) is 43.3 Å². The predicted octanol–water partition coefficient (Wildman–Crippen LogP) is 3.62. The molecular formula is C33H38FN9O4. The minimum absolute atomic E-state index is 0.0349. The SMILES string of the molecule is COCCN1C[C@@H](NC(=O)Nc2c(C)c(-c3ccc(N4CCC(NC(C)=O)C4)nc3)nn2-c2ccccc2)[C@H](c2ccnc(F)c2)O1. The Kier molecular flexibility index (Phi) is 9.71. The number of ether oxygens (including phenoxy) is 1. The Bertz CT molecular complexity index is 1700. The monoisotopic (exact) mass is 643 g/mol. The van der Waals surface area contributed by atoms with Crippen LogP contribution in [0.3, 0.4) is 0 Å². The highest BCUT2D eigenvalue weighted by Crippen LogP contribution is 2.32. The second-order valence-corrected chi connectivity index (χ2v) is 11.6. The number of para-hydroxylation sites is 1. The lowest BCUT2D eigenvalue weighted by atomic mass is 10.0. The number of hydrogen-bond donors (Lipinski definition) is 3. The highest BCUT2D eigenvalue weighted by Gasteiger charge is 2.37. The molecule has 2 saturated heterocycles. The van der Waals surface area contributed by atoms with E-state index in [1.54, 1.807) is 29.1 Å². The summed E-state index contributed by atoms with van der Waals surface area (Å²) >= 11 is 0. The summed E-state index contributed by atoms with van der Waals surface area (Å²) in [6.45, 7) is 6.21. The third-order valence-corrected chi connectivity index (χ3v) is 8.26. The maximum atomic E-state index is 14.0. The second kappa shape index (κ2) is 14.2. The number of aromatic nitrogens is 4. The number of nitrogens with zero attached hydrogens (tertiary/aromatic N) is 6. The maximum Gasteiger partial charge on any atom is 0.320 e. The van der Waals surface area contributed by atoms with Gasteiger partial charge in [0.1, 0.15) is 17.7 Å². The van der Waals surface area contributed by atoms with Crippen LogP contribution in [-0.2, 0) is 14.4 Å². The van der Waals surface area contributed by atoms with E-state index in [0.717, 1.165) is 35.6 Å².